The van der Waals surface area contributed by atoms with E-state index >= 15 is 0 Å². The number of hydrogen-bond donors (Lipinski definition) is 2. The van der Waals surface area contributed by atoms with Crippen molar-refractivity contribution in [2.45, 2.75) is 18.1 Å². The highest BCUT2D eigenvalue weighted by Gasteiger charge is 2.68. The Kier molecular flexibility index (Phi) is 3.38. The number of hydrogen-bond acceptors (Lipinski definition) is 6. The van der Waals surface area contributed by atoms with Gasteiger partial charge in [-0.3, -0.25) is 0 Å². The van der Waals surface area contributed by atoms with Crippen molar-refractivity contribution in [1.29, 1.82) is 0 Å². The number of nitrogens with two attached hydrogens (primary N) is 2. The van der Waals surface area contributed by atoms with Crippen LogP contribution in [0, 0.1) is 5.41 Å². The molecule has 1 saturated carbocycles. The average Bonchev–Trinajstić information content (AvgIpc) is 2.98. The van der Waals surface area contributed by atoms with E-state index < -0.39 is 20.5 Å². The number of rotatable bonds is 5. The van der Waals surface area contributed by atoms with Crippen molar-refractivity contribution in [3.05, 3.63) is 23.8 Å². The van der Waals surface area contributed by atoms with Crippen LogP contribution in [0.3, 0.4) is 0 Å². The van der Waals surface area contributed by atoms with Gasteiger partial charge in [0.25, 0.3) is 0 Å². The van der Waals surface area contributed by atoms with Crippen LogP contribution >= 0.6 is 0 Å². The molecule has 2 atom stereocenters. The molecule has 116 valence electrons. The first-order valence-corrected chi connectivity index (χ1v) is 8.73. The van der Waals surface area contributed by atoms with Crippen LogP contribution in [0.25, 0.3) is 0 Å². The molecule has 1 aromatic rings. The number of sulfone groups is 1. The van der Waals surface area contributed by atoms with Crippen LogP contribution in [-0.2, 0) is 9.84 Å². The predicted molar refractivity (Wildman–Crippen MR) is 79.1 cm³/mol. The zero-order valence-corrected chi connectivity index (χ0v) is 12.7. The van der Waals surface area contributed by atoms with Crippen LogP contribution in [0.15, 0.2) is 18.2 Å². The lowest BCUT2D eigenvalue weighted by molar-refractivity contribution is 0.174. The molecule has 0 bridgehead atoms. The topological polar surface area (TPSA) is 105 Å². The van der Waals surface area contributed by atoms with Crippen LogP contribution in [0.4, 0.5) is 0 Å². The third kappa shape index (κ3) is 2.03. The molecule has 1 aliphatic carbocycles. The quantitative estimate of drug-likeness (QED) is 0.806. The number of fused-ring (bicyclic) bond motifs is 1. The summed E-state index contributed by atoms with van der Waals surface area (Å²) in [7, 11) is -3.20. The largest absolute Gasteiger partial charge is 0.454 e. The lowest BCUT2D eigenvalue weighted by atomic mass is 9.99. The molecule has 6 nitrogen and oxygen atoms in total. The Balaban J connectivity index is 2.01. The van der Waals surface area contributed by atoms with E-state index in [2.05, 4.69) is 0 Å². The first-order valence-electron chi connectivity index (χ1n) is 7.01. The Morgan fingerprint density at radius 1 is 1.24 bits per heavy atom. The second-order valence-corrected chi connectivity index (χ2v) is 8.01. The summed E-state index contributed by atoms with van der Waals surface area (Å²) in [5.74, 6) is 1.25. The van der Waals surface area contributed by atoms with Gasteiger partial charge < -0.3 is 20.9 Å². The van der Waals surface area contributed by atoms with E-state index in [0.29, 0.717) is 11.5 Å². The van der Waals surface area contributed by atoms with Crippen molar-refractivity contribution in [3.63, 3.8) is 0 Å². The molecular weight excluding hydrogens is 292 g/mol. The maximum Gasteiger partial charge on any atom is 0.231 e. The standard InChI is InChI=1S/C14H20N2O4S/c1-2-21(17,18)13-12(14(13,6-15)7-16)9-3-4-10-11(5-9)20-8-19-10/h3-5,12-13H,2,6-8,15-16H2,1H3. The van der Waals surface area contributed by atoms with Crippen molar-refractivity contribution in [3.8, 4) is 11.5 Å². The summed E-state index contributed by atoms with van der Waals surface area (Å²) in [5.41, 5.74) is 12.1. The molecule has 2 unspecified atom stereocenters. The first-order chi connectivity index (χ1) is 10.00. The van der Waals surface area contributed by atoms with Crippen LogP contribution in [-0.4, -0.2) is 39.3 Å². The van der Waals surface area contributed by atoms with Crippen LogP contribution in [0.2, 0.25) is 0 Å². The molecule has 1 aliphatic heterocycles. The summed E-state index contributed by atoms with van der Waals surface area (Å²) < 4.78 is 35.3. The van der Waals surface area contributed by atoms with E-state index in [9.17, 15) is 8.42 Å². The third-order valence-corrected chi connectivity index (χ3v) is 7.00. The molecule has 3 rings (SSSR count). The van der Waals surface area contributed by atoms with Gasteiger partial charge in [0.2, 0.25) is 6.79 Å². The second kappa shape index (κ2) is 4.86. The molecule has 1 heterocycles. The highest BCUT2D eigenvalue weighted by Crippen LogP contribution is 2.62. The minimum absolute atomic E-state index is 0.0977. The Morgan fingerprint density at radius 2 is 1.90 bits per heavy atom. The Bertz CT molecular complexity index is 655. The second-order valence-electron chi connectivity index (χ2n) is 5.60. The fourth-order valence-corrected chi connectivity index (χ4v) is 5.56. The van der Waals surface area contributed by atoms with E-state index in [1.54, 1.807) is 6.92 Å². The van der Waals surface area contributed by atoms with Crippen molar-refractivity contribution in [1.82, 2.24) is 0 Å². The van der Waals surface area contributed by atoms with Gasteiger partial charge >= 0.3 is 0 Å². The van der Waals surface area contributed by atoms with Gasteiger partial charge in [-0.15, -0.1) is 0 Å². The van der Waals surface area contributed by atoms with Gasteiger partial charge in [-0.1, -0.05) is 13.0 Å². The van der Waals surface area contributed by atoms with Gasteiger partial charge in [0.15, 0.2) is 21.3 Å². The maximum absolute atomic E-state index is 12.3. The van der Waals surface area contributed by atoms with Gasteiger partial charge in [0.1, 0.15) is 0 Å². The number of benzene rings is 1. The fraction of sp³-hybridized carbons (Fsp3) is 0.571. The summed E-state index contributed by atoms with van der Waals surface area (Å²) in [5, 5.41) is -0.509. The van der Waals surface area contributed by atoms with Crippen molar-refractivity contribution < 1.29 is 17.9 Å². The zero-order chi connectivity index (χ0) is 15.3. The van der Waals surface area contributed by atoms with Crippen LogP contribution < -0.4 is 20.9 Å². The summed E-state index contributed by atoms with van der Waals surface area (Å²) in [6.07, 6.45) is 0. The van der Waals surface area contributed by atoms with Gasteiger partial charge in [-0.2, -0.15) is 0 Å². The molecule has 4 N–H and O–H groups in total. The molecule has 1 aromatic carbocycles. The van der Waals surface area contributed by atoms with Crippen LogP contribution in [0.1, 0.15) is 18.4 Å². The summed E-state index contributed by atoms with van der Waals surface area (Å²) in [6, 6.07) is 5.53. The van der Waals surface area contributed by atoms with E-state index in [1.165, 1.54) is 0 Å². The highest BCUT2D eigenvalue weighted by atomic mass is 32.2. The molecule has 0 saturated heterocycles. The predicted octanol–water partition coefficient (Wildman–Crippen LogP) is 0.220. The lowest BCUT2D eigenvalue weighted by Crippen LogP contribution is -2.31. The average molecular weight is 312 g/mol. The molecular formula is C14H20N2O4S. The Hall–Kier alpha value is -1.31. The van der Waals surface area contributed by atoms with Gasteiger partial charge in [-0.25, -0.2) is 8.42 Å². The minimum Gasteiger partial charge on any atom is -0.454 e. The molecule has 1 fully saturated rings. The fourth-order valence-electron chi connectivity index (χ4n) is 3.38. The van der Waals surface area contributed by atoms with Crippen LogP contribution in [0.5, 0.6) is 11.5 Å². The Morgan fingerprint density at radius 3 is 2.52 bits per heavy atom. The third-order valence-electron chi connectivity index (χ3n) is 4.68. The summed E-state index contributed by atoms with van der Waals surface area (Å²) in [6.45, 7) is 2.36. The SMILES string of the molecule is CCS(=O)(=O)C1C(c2ccc3c(c2)OCO3)C1(CN)CN. The summed E-state index contributed by atoms with van der Waals surface area (Å²) in [4.78, 5) is 0. The maximum atomic E-state index is 12.3. The van der Waals surface area contributed by atoms with E-state index in [1.807, 2.05) is 18.2 Å². The van der Waals surface area contributed by atoms with Crippen molar-refractivity contribution >= 4 is 9.84 Å². The molecule has 0 spiro atoms. The van der Waals surface area contributed by atoms with E-state index in [4.69, 9.17) is 20.9 Å². The zero-order valence-electron chi connectivity index (χ0n) is 11.9. The normalized spacial score (nSPS) is 25.9. The van der Waals surface area contributed by atoms with E-state index in [0.717, 1.165) is 5.56 Å². The van der Waals surface area contributed by atoms with Crippen molar-refractivity contribution in [2.75, 3.05) is 25.6 Å². The number of ether oxygens (including phenoxy) is 2. The lowest BCUT2D eigenvalue weighted by Gasteiger charge is -2.12. The van der Waals surface area contributed by atoms with Gasteiger partial charge in [0.05, 0.1) is 5.25 Å². The Labute approximate surface area is 124 Å². The van der Waals surface area contributed by atoms with Gasteiger partial charge in [-0.05, 0) is 17.7 Å². The summed E-state index contributed by atoms with van der Waals surface area (Å²) >= 11 is 0. The monoisotopic (exact) mass is 312 g/mol. The minimum atomic E-state index is -3.20. The highest BCUT2D eigenvalue weighted by molar-refractivity contribution is 7.92. The first kappa shape index (κ1) is 14.6. The van der Waals surface area contributed by atoms with Crippen molar-refractivity contribution in [2.24, 2.45) is 16.9 Å². The smallest absolute Gasteiger partial charge is 0.231 e. The molecule has 7 heteroatoms. The molecule has 0 aromatic heterocycles. The molecule has 21 heavy (non-hydrogen) atoms. The molecule has 2 aliphatic rings. The molecule has 0 radical (unpaired) electrons. The van der Waals surface area contributed by atoms with E-state index in [-0.39, 0.29) is 31.6 Å². The van der Waals surface area contributed by atoms with Gasteiger partial charge in [0, 0.05) is 30.2 Å². The molecule has 0 amide bonds.